The molecule has 77 heavy (non-hydrogen) atoms. The van der Waals surface area contributed by atoms with Crippen molar-refractivity contribution < 1.29 is 24.5 Å². The molecule has 0 aromatic heterocycles. The normalized spacial score (nSPS) is 12.5. The lowest BCUT2D eigenvalue weighted by Gasteiger charge is -2.22. The molecule has 0 heterocycles. The van der Waals surface area contributed by atoms with Crippen LogP contribution in [-0.4, -0.2) is 47.4 Å². The molecule has 0 spiro atoms. The van der Waals surface area contributed by atoms with Crippen molar-refractivity contribution in [3.05, 3.63) is 12.2 Å². The molecule has 458 valence electrons. The first-order valence-electron chi connectivity index (χ1n) is 35.4. The number of nitrogens with one attached hydrogen (secondary N) is 1. The SMILES string of the molecule is CCCCCCCCCCCCCCCCCCCCCCCCC(O)C(CO)NC(=O)CCCCCCCCCCCC/C=C\CCCCCCCCCCCCCCOC(=O)CCCCCCCCCCCCCC. The van der Waals surface area contributed by atoms with Crippen LogP contribution in [0.25, 0.3) is 0 Å². The highest BCUT2D eigenvalue weighted by atomic mass is 16.5. The van der Waals surface area contributed by atoms with E-state index in [0.29, 0.717) is 25.9 Å². The van der Waals surface area contributed by atoms with Gasteiger partial charge in [-0.1, -0.05) is 353 Å². The van der Waals surface area contributed by atoms with Crippen LogP contribution < -0.4 is 5.32 Å². The minimum absolute atomic E-state index is 0.0161. The van der Waals surface area contributed by atoms with E-state index in [2.05, 4.69) is 31.3 Å². The van der Waals surface area contributed by atoms with Crippen molar-refractivity contribution in [2.45, 2.75) is 418 Å². The fourth-order valence-corrected chi connectivity index (χ4v) is 11.4. The van der Waals surface area contributed by atoms with Crippen molar-refractivity contribution in [2.75, 3.05) is 13.2 Å². The highest BCUT2D eigenvalue weighted by molar-refractivity contribution is 5.76. The quantitative estimate of drug-likeness (QED) is 0.0320. The maximum atomic E-state index is 12.5. The number of rotatable bonds is 67. The molecular weight excluding hydrogens is 947 g/mol. The van der Waals surface area contributed by atoms with Gasteiger partial charge in [0.15, 0.2) is 0 Å². The number of hydrogen-bond donors (Lipinski definition) is 3. The molecule has 0 radical (unpaired) electrons. The fourth-order valence-electron chi connectivity index (χ4n) is 11.4. The van der Waals surface area contributed by atoms with Gasteiger partial charge in [-0.2, -0.15) is 0 Å². The Hall–Kier alpha value is -1.40. The molecular formula is C71H139NO5. The molecule has 6 nitrogen and oxygen atoms in total. The molecule has 0 fully saturated rings. The Balaban J connectivity index is 3.39. The topological polar surface area (TPSA) is 95.9 Å². The number of aliphatic hydroxyl groups is 2. The fraction of sp³-hybridized carbons (Fsp3) is 0.944. The van der Waals surface area contributed by atoms with Gasteiger partial charge in [0.05, 0.1) is 25.4 Å². The Morgan fingerprint density at radius 2 is 0.610 bits per heavy atom. The number of carbonyl (C=O) groups is 2. The number of ether oxygens (including phenoxy) is 1. The summed E-state index contributed by atoms with van der Waals surface area (Å²) < 4.78 is 5.48. The van der Waals surface area contributed by atoms with Gasteiger partial charge in [-0.3, -0.25) is 9.59 Å². The van der Waals surface area contributed by atoms with E-state index in [4.69, 9.17) is 4.74 Å². The molecule has 0 aliphatic carbocycles. The van der Waals surface area contributed by atoms with Crippen LogP contribution in [0.2, 0.25) is 0 Å². The van der Waals surface area contributed by atoms with Crippen LogP contribution in [0.3, 0.4) is 0 Å². The number of amides is 1. The average Bonchev–Trinajstić information content (AvgIpc) is 3.43. The molecule has 2 unspecified atom stereocenters. The smallest absolute Gasteiger partial charge is 0.305 e. The van der Waals surface area contributed by atoms with E-state index in [0.717, 1.165) is 38.5 Å². The predicted octanol–water partition coefficient (Wildman–Crippen LogP) is 22.8. The molecule has 0 aliphatic heterocycles. The van der Waals surface area contributed by atoms with Gasteiger partial charge < -0.3 is 20.3 Å². The lowest BCUT2D eigenvalue weighted by atomic mass is 10.0. The van der Waals surface area contributed by atoms with Gasteiger partial charge in [-0.25, -0.2) is 0 Å². The first kappa shape index (κ1) is 75.6. The van der Waals surface area contributed by atoms with Gasteiger partial charge >= 0.3 is 5.97 Å². The summed E-state index contributed by atoms with van der Waals surface area (Å²) in [5.74, 6) is -0.0157. The summed E-state index contributed by atoms with van der Waals surface area (Å²) in [6, 6.07) is -0.543. The van der Waals surface area contributed by atoms with E-state index in [1.54, 1.807) is 0 Å². The van der Waals surface area contributed by atoms with Gasteiger partial charge in [-0.15, -0.1) is 0 Å². The molecule has 2 atom stereocenters. The molecule has 0 aliphatic rings. The monoisotopic (exact) mass is 1090 g/mol. The lowest BCUT2D eigenvalue weighted by Crippen LogP contribution is -2.45. The zero-order chi connectivity index (χ0) is 55.7. The van der Waals surface area contributed by atoms with Gasteiger partial charge in [0.25, 0.3) is 0 Å². The van der Waals surface area contributed by atoms with Crippen molar-refractivity contribution >= 4 is 11.9 Å². The third-order valence-corrected chi connectivity index (χ3v) is 16.8. The minimum atomic E-state index is -0.666. The first-order chi connectivity index (χ1) is 38.0. The highest BCUT2D eigenvalue weighted by Crippen LogP contribution is 2.19. The Morgan fingerprint density at radius 1 is 0.351 bits per heavy atom. The Kier molecular flexibility index (Phi) is 65.9. The molecule has 6 heteroatoms. The molecule has 0 saturated carbocycles. The van der Waals surface area contributed by atoms with Crippen LogP contribution in [0.1, 0.15) is 406 Å². The molecule has 0 aromatic rings. The molecule has 1 amide bonds. The molecule has 3 N–H and O–H groups in total. The zero-order valence-corrected chi connectivity index (χ0v) is 52.5. The van der Waals surface area contributed by atoms with E-state index in [1.165, 1.54) is 334 Å². The lowest BCUT2D eigenvalue weighted by molar-refractivity contribution is -0.143. The first-order valence-corrected chi connectivity index (χ1v) is 35.4. The third-order valence-electron chi connectivity index (χ3n) is 16.8. The van der Waals surface area contributed by atoms with Crippen molar-refractivity contribution in [2.24, 2.45) is 0 Å². The largest absolute Gasteiger partial charge is 0.466 e. The van der Waals surface area contributed by atoms with Crippen LogP contribution in [0, 0.1) is 0 Å². The number of unbranched alkanes of at least 4 members (excludes halogenated alkanes) is 54. The summed E-state index contributed by atoms with van der Waals surface area (Å²) >= 11 is 0. The summed E-state index contributed by atoms with van der Waals surface area (Å²) in [6.07, 6.45) is 82.6. The van der Waals surface area contributed by atoms with Crippen LogP contribution >= 0.6 is 0 Å². The van der Waals surface area contributed by atoms with Crippen molar-refractivity contribution in [1.82, 2.24) is 5.32 Å². The third kappa shape index (κ3) is 63.6. The van der Waals surface area contributed by atoms with Crippen molar-refractivity contribution in [1.29, 1.82) is 0 Å². The zero-order valence-electron chi connectivity index (χ0n) is 52.5. The summed E-state index contributed by atoms with van der Waals surface area (Å²) in [7, 11) is 0. The molecule has 0 aromatic carbocycles. The second-order valence-electron chi connectivity index (χ2n) is 24.6. The Labute approximate surface area is 482 Å². The second-order valence-corrected chi connectivity index (χ2v) is 24.6. The van der Waals surface area contributed by atoms with Crippen molar-refractivity contribution in [3.63, 3.8) is 0 Å². The van der Waals surface area contributed by atoms with E-state index in [9.17, 15) is 19.8 Å². The van der Waals surface area contributed by atoms with Gasteiger partial charge in [-0.05, 0) is 51.4 Å². The average molecular weight is 1090 g/mol. The van der Waals surface area contributed by atoms with Crippen LogP contribution in [-0.2, 0) is 14.3 Å². The summed E-state index contributed by atoms with van der Waals surface area (Å²) in [5.41, 5.74) is 0. The van der Waals surface area contributed by atoms with Crippen LogP contribution in [0.5, 0.6) is 0 Å². The number of carbonyl (C=O) groups excluding carboxylic acids is 2. The van der Waals surface area contributed by atoms with Crippen molar-refractivity contribution in [3.8, 4) is 0 Å². The number of allylic oxidation sites excluding steroid dienone is 2. The second kappa shape index (κ2) is 67.1. The summed E-state index contributed by atoms with van der Waals surface area (Å²) in [6.45, 7) is 4.99. The molecule has 0 bridgehead atoms. The number of hydrogen-bond acceptors (Lipinski definition) is 5. The maximum absolute atomic E-state index is 12.5. The number of aliphatic hydroxyl groups excluding tert-OH is 2. The predicted molar refractivity (Wildman–Crippen MR) is 338 cm³/mol. The molecule has 0 rings (SSSR count). The van der Waals surface area contributed by atoms with E-state index in [-0.39, 0.29) is 18.5 Å². The molecule has 0 saturated heterocycles. The Morgan fingerprint density at radius 3 is 0.922 bits per heavy atom. The van der Waals surface area contributed by atoms with E-state index < -0.39 is 12.1 Å². The van der Waals surface area contributed by atoms with Crippen LogP contribution in [0.15, 0.2) is 12.2 Å². The summed E-state index contributed by atoms with van der Waals surface area (Å²) in [5, 5.41) is 23.4. The van der Waals surface area contributed by atoms with E-state index >= 15 is 0 Å². The van der Waals surface area contributed by atoms with Crippen LogP contribution in [0.4, 0.5) is 0 Å². The minimum Gasteiger partial charge on any atom is -0.466 e. The Bertz CT molecular complexity index is 1160. The van der Waals surface area contributed by atoms with Gasteiger partial charge in [0.2, 0.25) is 5.91 Å². The van der Waals surface area contributed by atoms with Gasteiger partial charge in [0.1, 0.15) is 0 Å². The standard InChI is InChI=1S/C71H139NO5/c1-3-5-7-9-11-13-15-17-18-19-20-21-28-31-34-37-40-43-47-51-55-59-63-69(74)68(67-73)72-70(75)64-60-56-52-48-44-41-38-35-32-29-26-24-22-23-25-27-30-33-36-39-42-46-50-54-58-62-66-77-71(76)65-61-57-53-49-45-16-14-12-10-8-6-4-2/h22,24,68-69,73-74H,3-21,23,25-67H2,1-2H3,(H,72,75)/b24-22-. The number of esters is 1. The van der Waals surface area contributed by atoms with E-state index in [1.807, 2.05) is 0 Å². The van der Waals surface area contributed by atoms with Gasteiger partial charge in [0, 0.05) is 12.8 Å². The maximum Gasteiger partial charge on any atom is 0.305 e. The summed E-state index contributed by atoms with van der Waals surface area (Å²) in [4.78, 5) is 24.6. The highest BCUT2D eigenvalue weighted by Gasteiger charge is 2.20.